The van der Waals surface area contributed by atoms with Crippen molar-refractivity contribution in [2.45, 2.75) is 78.1 Å². The lowest BCUT2D eigenvalue weighted by atomic mass is 9.54. The molecule has 1 saturated carbocycles. The number of hydrogen-bond donors (Lipinski definition) is 0. The number of aryl methyl sites for hydroxylation is 1. The van der Waals surface area contributed by atoms with Crippen molar-refractivity contribution in [3.63, 3.8) is 0 Å². The highest BCUT2D eigenvalue weighted by Crippen LogP contribution is 2.58. The number of nitrogens with zero attached hydrogens (tertiary/aromatic N) is 3. The van der Waals surface area contributed by atoms with Gasteiger partial charge in [-0.2, -0.15) is 13.2 Å². The number of amides is 1. The average Bonchev–Trinajstić information content (AvgIpc) is 2.88. The predicted molar refractivity (Wildman–Crippen MR) is 88.2 cm³/mol. The lowest BCUT2D eigenvalue weighted by Gasteiger charge is -2.54. The zero-order chi connectivity index (χ0) is 19.4. The Labute approximate surface area is 151 Å². The van der Waals surface area contributed by atoms with Gasteiger partial charge in [0.2, 0.25) is 17.7 Å². The van der Waals surface area contributed by atoms with E-state index in [-0.39, 0.29) is 30.3 Å². The van der Waals surface area contributed by atoms with E-state index in [9.17, 15) is 18.0 Å². The van der Waals surface area contributed by atoms with Crippen molar-refractivity contribution in [3.05, 3.63) is 11.8 Å². The highest BCUT2D eigenvalue weighted by Gasteiger charge is 2.63. The fourth-order valence-electron chi connectivity index (χ4n) is 4.98. The third-order valence-electron chi connectivity index (χ3n) is 6.01. The van der Waals surface area contributed by atoms with E-state index in [1.54, 1.807) is 25.7 Å². The Kier molecular flexibility index (Phi) is 4.60. The molecule has 2 heterocycles. The van der Waals surface area contributed by atoms with E-state index in [4.69, 9.17) is 4.42 Å². The summed E-state index contributed by atoms with van der Waals surface area (Å²) in [6.45, 7) is 8.67. The maximum absolute atomic E-state index is 13.5. The molecule has 2 aliphatic rings. The molecule has 1 aliphatic carbocycles. The summed E-state index contributed by atoms with van der Waals surface area (Å²) in [6, 6.07) is -0.331. The molecule has 0 aromatic carbocycles. The molecule has 2 fully saturated rings. The quantitative estimate of drug-likeness (QED) is 0.784. The van der Waals surface area contributed by atoms with Gasteiger partial charge in [-0.1, -0.05) is 13.8 Å². The van der Waals surface area contributed by atoms with Gasteiger partial charge >= 0.3 is 6.18 Å². The van der Waals surface area contributed by atoms with E-state index in [0.717, 1.165) is 0 Å². The first-order chi connectivity index (χ1) is 11.9. The number of halogens is 3. The number of likely N-dealkylation sites (tertiary alicyclic amines) is 1. The summed E-state index contributed by atoms with van der Waals surface area (Å²) in [6.07, 6.45) is -2.85. The number of alkyl halides is 3. The Morgan fingerprint density at radius 3 is 2.19 bits per heavy atom. The number of carbonyl (C=O) groups is 1. The van der Waals surface area contributed by atoms with Crippen LogP contribution in [0.3, 0.4) is 0 Å². The Morgan fingerprint density at radius 2 is 1.77 bits per heavy atom. The number of carbonyl (C=O) groups excluding carboxylic acids is 1. The van der Waals surface area contributed by atoms with Crippen LogP contribution in [0, 0.1) is 24.2 Å². The predicted octanol–water partition coefficient (Wildman–Crippen LogP) is 4.09. The normalized spacial score (nSPS) is 34.5. The number of rotatable bonds is 2. The highest BCUT2D eigenvalue weighted by atomic mass is 19.4. The number of aromatic nitrogens is 2. The molecule has 1 aromatic heterocycles. The fraction of sp³-hybridized carbons (Fsp3) is 0.833. The topological polar surface area (TPSA) is 59.2 Å². The molecular formula is C18H26F3N3O2. The molecule has 0 bridgehead atoms. The maximum atomic E-state index is 13.5. The van der Waals surface area contributed by atoms with Crippen LogP contribution in [0.25, 0.3) is 0 Å². The third kappa shape index (κ3) is 3.22. The van der Waals surface area contributed by atoms with Crippen LogP contribution in [0.15, 0.2) is 4.42 Å². The van der Waals surface area contributed by atoms with E-state index in [1.807, 2.05) is 13.8 Å². The summed E-state index contributed by atoms with van der Waals surface area (Å²) in [5.41, 5.74) is -0.884. The van der Waals surface area contributed by atoms with Crippen LogP contribution in [0.2, 0.25) is 0 Å². The molecule has 0 spiro atoms. The third-order valence-corrected chi connectivity index (χ3v) is 6.01. The van der Waals surface area contributed by atoms with Gasteiger partial charge in [0.1, 0.15) is 0 Å². The molecule has 26 heavy (non-hydrogen) atoms. The standard InChI is InChI=1S/C18H26F3N3O2/c1-9-6-12(15-23-22-11(3)26-15)7-10(2)24(9)16(25)13-8-17(4,5)14(13)18(19,20)21/h9-10,12-14H,6-8H2,1-5H3/t9-,10+,12?,13?,14?. The van der Waals surface area contributed by atoms with E-state index in [2.05, 4.69) is 10.2 Å². The van der Waals surface area contributed by atoms with Crippen LogP contribution in [0.4, 0.5) is 13.2 Å². The molecule has 5 nitrogen and oxygen atoms in total. The van der Waals surface area contributed by atoms with E-state index in [0.29, 0.717) is 24.6 Å². The van der Waals surface area contributed by atoms with Crippen molar-refractivity contribution in [2.24, 2.45) is 17.3 Å². The molecule has 3 rings (SSSR count). The molecule has 1 aromatic rings. The van der Waals surface area contributed by atoms with Crippen LogP contribution in [-0.2, 0) is 4.79 Å². The Bertz CT molecular complexity index is 663. The molecule has 3 unspecified atom stereocenters. The minimum Gasteiger partial charge on any atom is -0.425 e. The van der Waals surface area contributed by atoms with Crippen molar-refractivity contribution in [3.8, 4) is 0 Å². The lowest BCUT2D eigenvalue weighted by molar-refractivity contribution is -0.258. The van der Waals surface area contributed by atoms with E-state index < -0.39 is 23.4 Å². The molecule has 0 N–H and O–H groups in total. The van der Waals surface area contributed by atoms with Crippen molar-refractivity contribution >= 4 is 5.91 Å². The molecule has 8 heteroatoms. The van der Waals surface area contributed by atoms with Gasteiger partial charge in [-0.05, 0) is 38.5 Å². The molecule has 0 radical (unpaired) electrons. The van der Waals surface area contributed by atoms with Gasteiger partial charge in [0.15, 0.2) is 0 Å². The second-order valence-corrected chi connectivity index (χ2v) is 8.59. The summed E-state index contributed by atoms with van der Waals surface area (Å²) in [7, 11) is 0. The molecule has 1 amide bonds. The first kappa shape index (κ1) is 19.2. The van der Waals surface area contributed by atoms with Gasteiger partial charge in [0.05, 0.1) is 11.8 Å². The molecule has 1 saturated heterocycles. The Morgan fingerprint density at radius 1 is 1.19 bits per heavy atom. The molecule has 1 aliphatic heterocycles. The summed E-state index contributed by atoms with van der Waals surface area (Å²) < 4.78 is 45.9. The fourth-order valence-corrected chi connectivity index (χ4v) is 4.98. The summed E-state index contributed by atoms with van der Waals surface area (Å²) in [5.74, 6) is -1.85. The van der Waals surface area contributed by atoms with Crippen LogP contribution in [0.1, 0.15) is 64.7 Å². The minimum absolute atomic E-state index is 0.0292. The zero-order valence-electron chi connectivity index (χ0n) is 15.8. The highest BCUT2D eigenvalue weighted by molar-refractivity contribution is 5.81. The van der Waals surface area contributed by atoms with Crippen molar-refractivity contribution in [2.75, 3.05) is 0 Å². The van der Waals surface area contributed by atoms with Crippen molar-refractivity contribution in [1.82, 2.24) is 15.1 Å². The first-order valence-electron chi connectivity index (χ1n) is 9.10. The maximum Gasteiger partial charge on any atom is 0.393 e. The van der Waals surface area contributed by atoms with E-state index >= 15 is 0 Å². The van der Waals surface area contributed by atoms with Crippen LogP contribution < -0.4 is 0 Å². The van der Waals surface area contributed by atoms with Gasteiger partial charge < -0.3 is 9.32 Å². The van der Waals surface area contributed by atoms with Crippen molar-refractivity contribution in [1.29, 1.82) is 0 Å². The summed E-state index contributed by atoms with van der Waals surface area (Å²) >= 11 is 0. The number of piperidine rings is 1. The smallest absolute Gasteiger partial charge is 0.393 e. The largest absolute Gasteiger partial charge is 0.425 e. The molecule has 146 valence electrons. The monoisotopic (exact) mass is 373 g/mol. The van der Waals surface area contributed by atoms with Crippen LogP contribution in [-0.4, -0.2) is 39.3 Å². The van der Waals surface area contributed by atoms with Gasteiger partial charge in [0.25, 0.3) is 0 Å². The second kappa shape index (κ2) is 6.23. The number of hydrogen-bond acceptors (Lipinski definition) is 4. The van der Waals surface area contributed by atoms with Gasteiger partial charge in [-0.15, -0.1) is 10.2 Å². The first-order valence-corrected chi connectivity index (χ1v) is 9.10. The second-order valence-electron chi connectivity index (χ2n) is 8.59. The lowest BCUT2D eigenvalue weighted by Crippen LogP contribution is -2.61. The van der Waals surface area contributed by atoms with Gasteiger partial charge in [0, 0.05) is 24.9 Å². The van der Waals surface area contributed by atoms with Crippen LogP contribution >= 0.6 is 0 Å². The van der Waals surface area contributed by atoms with Gasteiger partial charge in [-0.3, -0.25) is 4.79 Å². The van der Waals surface area contributed by atoms with Gasteiger partial charge in [-0.25, -0.2) is 0 Å². The molecule has 5 atom stereocenters. The Balaban J connectivity index is 1.75. The average molecular weight is 373 g/mol. The summed E-state index contributed by atoms with van der Waals surface area (Å²) in [4.78, 5) is 14.6. The van der Waals surface area contributed by atoms with Crippen LogP contribution in [0.5, 0.6) is 0 Å². The zero-order valence-corrected chi connectivity index (χ0v) is 15.8. The summed E-state index contributed by atoms with van der Waals surface area (Å²) in [5, 5.41) is 7.91. The molecular weight excluding hydrogens is 347 g/mol. The van der Waals surface area contributed by atoms with Crippen molar-refractivity contribution < 1.29 is 22.4 Å². The Hall–Kier alpha value is -1.60. The van der Waals surface area contributed by atoms with E-state index in [1.165, 1.54) is 0 Å². The SMILES string of the molecule is Cc1nnc(C2C[C@@H](C)N(C(=O)C3CC(C)(C)C3C(F)(F)F)[C@@H](C)C2)o1. The minimum atomic E-state index is -4.35.